The van der Waals surface area contributed by atoms with E-state index in [9.17, 15) is 0 Å². The largest absolute Gasteiger partial charge is 0.345 e. The van der Waals surface area contributed by atoms with Crippen molar-refractivity contribution in [3.8, 4) is 55.6 Å². The van der Waals surface area contributed by atoms with E-state index in [0.29, 0.717) is 0 Å². The molecule has 0 saturated heterocycles. The summed E-state index contributed by atoms with van der Waals surface area (Å²) in [6, 6.07) is 188. The maximum absolute atomic E-state index is 2.32. The molecule has 0 amide bonds. The summed E-state index contributed by atoms with van der Waals surface area (Å²) >= 11 is 0. The van der Waals surface area contributed by atoms with Gasteiger partial charge in [-0.1, -0.05) is 352 Å². The van der Waals surface area contributed by atoms with Crippen LogP contribution in [0.3, 0.4) is 0 Å². The second kappa shape index (κ2) is 38.0. The predicted molar refractivity (Wildman–Crippen MR) is 562 cm³/mol. The summed E-state index contributed by atoms with van der Waals surface area (Å²) in [6.07, 6.45) is 0. The van der Waals surface area contributed by atoms with Gasteiger partial charge in [-0.15, -0.1) is 0 Å². The van der Waals surface area contributed by atoms with Gasteiger partial charge in [0.1, 0.15) is 0 Å². The van der Waals surface area contributed by atoms with Gasteiger partial charge in [0.15, 0.2) is 0 Å². The third-order valence-electron chi connectivity index (χ3n) is 24.9. The molecule has 0 aliphatic rings. The highest BCUT2D eigenvalue weighted by atomic mass is 15.2. The van der Waals surface area contributed by atoms with Gasteiger partial charge in [0.25, 0.3) is 0 Å². The lowest BCUT2D eigenvalue weighted by Crippen LogP contribution is -2.10. The quantitative estimate of drug-likeness (QED) is 0.0704. The van der Waals surface area contributed by atoms with E-state index in [-0.39, 0.29) is 0 Å². The predicted octanol–water partition coefficient (Wildman–Crippen LogP) is 34.9. The summed E-state index contributed by atoms with van der Waals surface area (Å²) in [5.74, 6) is 0. The van der Waals surface area contributed by atoms with Gasteiger partial charge in [-0.05, 0) is 275 Å². The highest BCUT2D eigenvalue weighted by Gasteiger charge is 2.20. The van der Waals surface area contributed by atoms with E-state index < -0.39 is 0 Å². The number of anilines is 15. The number of benzene rings is 22. The molecule has 0 heterocycles. The van der Waals surface area contributed by atoms with Gasteiger partial charge in [-0.25, -0.2) is 0 Å². The highest BCUT2D eigenvalue weighted by Crippen LogP contribution is 2.45. The topological polar surface area (TPSA) is 19.4 Å². The molecule has 22 rings (SSSR count). The SMILES string of the molecule is CN(c1ccc(-c2ccc(N(c3ccccc3)c3ccc4ccccc4c3)cc2)cc1)c1c2ccccc2cc2ccccc12.CN(c1ccc(-c2ccc(N(c3ccccc3)c3ccc4ccccc4c3)cc2)cc1)c1cccc(-c2ccccc2)c1.CN(c1ccc(-c2ccccc2)cc1)c1ccc(-c2ccc(N(c3ccccc3)c3ccc4ccccc4c3)cc2)cc1. The van der Waals surface area contributed by atoms with Crippen molar-refractivity contribution >= 4 is 139 Å². The van der Waals surface area contributed by atoms with Gasteiger partial charge >= 0.3 is 0 Å². The molecule has 0 saturated carbocycles. The van der Waals surface area contributed by atoms with Crippen LogP contribution >= 0.6 is 0 Å². The fourth-order valence-electron chi connectivity index (χ4n) is 17.9. The van der Waals surface area contributed by atoms with E-state index in [1.807, 2.05) is 0 Å². The summed E-state index contributed by atoms with van der Waals surface area (Å²) in [5, 5.41) is 12.4. The first kappa shape index (κ1) is 82.2. The lowest BCUT2D eigenvalue weighted by molar-refractivity contribution is 1.21. The van der Waals surface area contributed by atoms with E-state index >= 15 is 0 Å². The molecule has 131 heavy (non-hydrogen) atoms. The number of nitrogens with zero attached hydrogens (tertiary/aromatic N) is 6. The van der Waals surface area contributed by atoms with Crippen LogP contribution in [0.25, 0.3) is 109 Å². The first-order chi connectivity index (χ1) is 64.7. The normalized spacial score (nSPS) is 11.0. The molecule has 0 fully saturated rings. The van der Waals surface area contributed by atoms with E-state index in [0.717, 1.165) is 79.6 Å². The third-order valence-corrected chi connectivity index (χ3v) is 24.9. The van der Waals surface area contributed by atoms with Crippen molar-refractivity contribution in [2.45, 2.75) is 0 Å². The lowest BCUT2D eigenvalue weighted by Gasteiger charge is -2.26. The molecule has 0 unspecified atom stereocenters. The lowest BCUT2D eigenvalue weighted by atomic mass is 9.99. The average Bonchev–Trinajstić information content (AvgIpc) is 0.801. The monoisotopic (exact) mass is 1680 g/mol. The Morgan fingerprint density at radius 1 is 0.115 bits per heavy atom. The molecular formula is C125H96N6. The number of rotatable bonds is 20. The number of para-hydroxylation sites is 3. The third kappa shape index (κ3) is 18.1. The molecule has 22 aromatic carbocycles. The molecule has 0 aliphatic carbocycles. The minimum atomic E-state index is 1.12. The van der Waals surface area contributed by atoms with Crippen LogP contribution in [0.4, 0.5) is 85.3 Å². The van der Waals surface area contributed by atoms with E-state index in [1.54, 1.807) is 0 Å². The van der Waals surface area contributed by atoms with Gasteiger partial charge in [0, 0.05) is 112 Å². The summed E-state index contributed by atoms with van der Waals surface area (Å²) in [7, 11) is 6.41. The fourth-order valence-corrected chi connectivity index (χ4v) is 17.9. The molecule has 0 aromatic heterocycles. The second-order valence-corrected chi connectivity index (χ2v) is 33.1. The Bertz CT molecular complexity index is 7580. The van der Waals surface area contributed by atoms with Crippen molar-refractivity contribution < 1.29 is 0 Å². The van der Waals surface area contributed by atoms with Gasteiger partial charge in [0.2, 0.25) is 0 Å². The van der Waals surface area contributed by atoms with Crippen LogP contribution in [0.5, 0.6) is 0 Å². The molecule has 22 aromatic rings. The number of fused-ring (bicyclic) bond motifs is 5. The van der Waals surface area contributed by atoms with E-state index in [2.05, 4.69) is 578 Å². The van der Waals surface area contributed by atoms with Crippen molar-refractivity contribution in [2.24, 2.45) is 0 Å². The molecular weight excluding hydrogens is 1590 g/mol. The van der Waals surface area contributed by atoms with Crippen LogP contribution in [-0.2, 0) is 0 Å². The van der Waals surface area contributed by atoms with Crippen molar-refractivity contribution in [2.75, 3.05) is 50.5 Å². The smallest absolute Gasteiger partial charge is 0.0567 e. The summed E-state index contributed by atoms with van der Waals surface area (Å²) < 4.78 is 0. The van der Waals surface area contributed by atoms with Crippen LogP contribution in [-0.4, -0.2) is 21.1 Å². The maximum Gasteiger partial charge on any atom is 0.0567 e. The van der Waals surface area contributed by atoms with Crippen molar-refractivity contribution in [3.63, 3.8) is 0 Å². The standard InChI is InChI=1S/C43H32N2.2C41H32N2/c1-44(43-41-17-9-7-13-35(41)29-36-14-8-10-18-42(36)43)37-24-19-32(20-25-37)33-21-26-39(27-22-33)45(38-15-3-2-4-16-38)40-28-23-31-11-5-6-12-34(31)30-40;1-42(40-18-10-15-36(29-40)31-11-4-2-5-12-31)37-24-19-33(20-25-37)34-21-26-39(27-22-34)43(38-16-6-3-7-17-38)41-28-23-32-13-8-9-14-35(32)30-41;1-42(37-23-16-33(17-24-37)31-10-4-2-5-11-31)38-25-18-34(19-26-38)35-20-27-40(28-21-35)43(39-14-6-3-7-15-39)41-29-22-32-12-8-9-13-36(32)30-41/h2-30H,1H3;2*2-30H,1H3. The summed E-state index contributed by atoms with van der Waals surface area (Å²) in [6.45, 7) is 0. The Morgan fingerprint density at radius 2 is 0.321 bits per heavy atom. The first-order valence-corrected chi connectivity index (χ1v) is 44.7. The van der Waals surface area contributed by atoms with Crippen molar-refractivity contribution in [1.82, 2.24) is 0 Å². The Balaban J connectivity index is 0.000000123. The molecule has 6 nitrogen and oxygen atoms in total. The van der Waals surface area contributed by atoms with Crippen LogP contribution in [0.2, 0.25) is 0 Å². The number of hydrogen-bond acceptors (Lipinski definition) is 6. The zero-order chi connectivity index (χ0) is 88.2. The Kier molecular flexibility index (Phi) is 23.9. The Hall–Kier alpha value is -17.1. The van der Waals surface area contributed by atoms with Crippen LogP contribution < -0.4 is 29.4 Å². The summed E-state index contributed by atoms with van der Waals surface area (Å²) in [5.41, 5.74) is 29.3. The molecule has 6 heteroatoms. The maximum atomic E-state index is 2.32. The first-order valence-electron chi connectivity index (χ1n) is 44.7. The second-order valence-electron chi connectivity index (χ2n) is 33.1. The molecule has 0 spiro atoms. The van der Waals surface area contributed by atoms with Crippen molar-refractivity contribution in [1.29, 1.82) is 0 Å². The molecule has 0 atom stereocenters. The van der Waals surface area contributed by atoms with E-state index in [4.69, 9.17) is 0 Å². The molecule has 0 N–H and O–H groups in total. The fraction of sp³-hybridized carbons (Fsp3) is 0.0240. The average molecular weight is 1680 g/mol. The molecule has 626 valence electrons. The van der Waals surface area contributed by atoms with E-state index in [1.165, 1.54) is 115 Å². The zero-order valence-electron chi connectivity index (χ0n) is 73.4. The minimum Gasteiger partial charge on any atom is -0.345 e. The van der Waals surface area contributed by atoms with Crippen LogP contribution in [0.1, 0.15) is 0 Å². The zero-order valence-corrected chi connectivity index (χ0v) is 73.4. The molecule has 0 radical (unpaired) electrons. The summed E-state index contributed by atoms with van der Waals surface area (Å²) in [4.78, 5) is 13.7. The van der Waals surface area contributed by atoms with Crippen LogP contribution in [0, 0.1) is 0 Å². The van der Waals surface area contributed by atoms with Gasteiger partial charge in [-0.2, -0.15) is 0 Å². The van der Waals surface area contributed by atoms with Gasteiger partial charge < -0.3 is 29.4 Å². The Labute approximate surface area is 767 Å². The minimum absolute atomic E-state index is 1.12. The van der Waals surface area contributed by atoms with Crippen LogP contribution in [0.15, 0.2) is 528 Å². The molecule has 0 aliphatic heterocycles. The Morgan fingerprint density at radius 3 is 0.634 bits per heavy atom. The van der Waals surface area contributed by atoms with Gasteiger partial charge in [-0.3, -0.25) is 0 Å². The van der Waals surface area contributed by atoms with Crippen molar-refractivity contribution in [3.05, 3.63) is 528 Å². The van der Waals surface area contributed by atoms with Gasteiger partial charge in [0.05, 0.1) is 5.69 Å². The highest BCUT2D eigenvalue weighted by molar-refractivity contribution is 6.12. The number of hydrogen-bond donors (Lipinski definition) is 0. The molecule has 0 bridgehead atoms.